The fourth-order valence-corrected chi connectivity index (χ4v) is 1.30. The van der Waals surface area contributed by atoms with Gasteiger partial charge in [0, 0.05) is 18.8 Å². The van der Waals surface area contributed by atoms with E-state index in [1.54, 1.807) is 12.4 Å². The first-order chi connectivity index (χ1) is 6.77. The summed E-state index contributed by atoms with van der Waals surface area (Å²) in [4.78, 5) is 3.93. The maximum absolute atomic E-state index is 5.65. The van der Waals surface area contributed by atoms with Crippen molar-refractivity contribution >= 4 is 12.2 Å². The number of nitrogens with one attached hydrogen (secondary N) is 1. The summed E-state index contributed by atoms with van der Waals surface area (Å²) in [6.07, 6.45) is 4.11. The van der Waals surface area contributed by atoms with Crippen LogP contribution in [0, 0.1) is 4.77 Å². The van der Waals surface area contributed by atoms with Gasteiger partial charge in [0.2, 0.25) is 4.77 Å². The van der Waals surface area contributed by atoms with Crippen LogP contribution in [0.25, 0.3) is 0 Å². The molecule has 0 aliphatic carbocycles. The fraction of sp³-hybridized carbons (Fsp3) is 0.125. The predicted octanol–water partition coefficient (Wildman–Crippen LogP) is 0.640. The Bertz CT molecular complexity index is 472. The van der Waals surface area contributed by atoms with Crippen molar-refractivity contribution in [3.05, 3.63) is 40.7 Å². The monoisotopic (exact) mass is 207 g/mol. The zero-order valence-electron chi connectivity index (χ0n) is 7.34. The second-order valence-corrected chi connectivity index (χ2v) is 3.23. The quantitative estimate of drug-likeness (QED) is 0.560. The molecule has 0 saturated heterocycles. The molecule has 0 unspecified atom stereocenters. The molecule has 2 heterocycles. The zero-order valence-corrected chi connectivity index (χ0v) is 8.16. The summed E-state index contributed by atoms with van der Waals surface area (Å²) >= 11 is 4.90. The maximum atomic E-state index is 5.65. The van der Waals surface area contributed by atoms with Gasteiger partial charge in [0.1, 0.15) is 0 Å². The Labute approximate surface area is 85.6 Å². The molecule has 0 bridgehead atoms. The third kappa shape index (κ3) is 1.64. The number of aromatic amines is 1. The number of hydrogen-bond donors (Lipinski definition) is 2. The van der Waals surface area contributed by atoms with Crippen molar-refractivity contribution in [3.8, 4) is 0 Å². The van der Waals surface area contributed by atoms with Gasteiger partial charge >= 0.3 is 0 Å². The number of aromatic nitrogens is 4. The van der Waals surface area contributed by atoms with Crippen molar-refractivity contribution in [1.29, 1.82) is 0 Å². The van der Waals surface area contributed by atoms with Crippen molar-refractivity contribution in [2.24, 2.45) is 0 Å². The van der Waals surface area contributed by atoms with Crippen LogP contribution in [0.2, 0.25) is 0 Å². The molecule has 0 aliphatic rings. The molecule has 2 aromatic heterocycles. The van der Waals surface area contributed by atoms with Crippen molar-refractivity contribution in [2.45, 2.75) is 6.42 Å². The largest absolute Gasteiger partial charge is 0.335 e. The van der Waals surface area contributed by atoms with E-state index in [-0.39, 0.29) is 0 Å². The van der Waals surface area contributed by atoms with Gasteiger partial charge in [0.15, 0.2) is 5.82 Å². The summed E-state index contributed by atoms with van der Waals surface area (Å²) in [6.45, 7) is 0. The molecule has 0 aliphatic heterocycles. The first kappa shape index (κ1) is 8.89. The van der Waals surface area contributed by atoms with Gasteiger partial charge in [0.05, 0.1) is 0 Å². The Balaban J connectivity index is 2.28. The molecule has 6 heteroatoms. The van der Waals surface area contributed by atoms with Gasteiger partial charge in [-0.2, -0.15) is 5.10 Å². The Morgan fingerprint density at radius 1 is 1.43 bits per heavy atom. The van der Waals surface area contributed by atoms with E-state index in [0.717, 1.165) is 5.56 Å². The van der Waals surface area contributed by atoms with Crippen LogP contribution in [-0.2, 0) is 6.42 Å². The first-order valence-electron chi connectivity index (χ1n) is 4.07. The third-order valence-electron chi connectivity index (χ3n) is 1.89. The van der Waals surface area contributed by atoms with Crippen LogP contribution in [0.4, 0.5) is 0 Å². The number of nitrogens with two attached hydrogens (primary N) is 1. The SMILES string of the molecule is Nn1c(Cc2ccncc2)n[nH]c1=S. The summed E-state index contributed by atoms with van der Waals surface area (Å²) in [6, 6.07) is 3.83. The molecule has 14 heavy (non-hydrogen) atoms. The van der Waals surface area contributed by atoms with Gasteiger partial charge in [-0.05, 0) is 29.9 Å². The van der Waals surface area contributed by atoms with E-state index in [4.69, 9.17) is 18.1 Å². The number of hydrogen-bond acceptors (Lipinski definition) is 4. The molecular weight excluding hydrogens is 198 g/mol. The molecule has 3 N–H and O–H groups in total. The number of nitrogen functional groups attached to an aromatic ring is 1. The second-order valence-electron chi connectivity index (χ2n) is 2.85. The lowest BCUT2D eigenvalue weighted by Crippen LogP contribution is -2.13. The van der Waals surface area contributed by atoms with Gasteiger partial charge in [-0.15, -0.1) is 0 Å². The number of pyridine rings is 1. The highest BCUT2D eigenvalue weighted by molar-refractivity contribution is 7.71. The fourth-order valence-electron chi connectivity index (χ4n) is 1.15. The zero-order chi connectivity index (χ0) is 9.97. The highest BCUT2D eigenvalue weighted by Gasteiger charge is 2.03. The van der Waals surface area contributed by atoms with Gasteiger partial charge in [-0.1, -0.05) is 0 Å². The topological polar surface area (TPSA) is 72.5 Å². The molecule has 0 aromatic carbocycles. The smallest absolute Gasteiger partial charge is 0.214 e. The molecule has 0 saturated carbocycles. The minimum atomic E-state index is 0.425. The van der Waals surface area contributed by atoms with E-state index in [2.05, 4.69) is 15.2 Å². The highest BCUT2D eigenvalue weighted by atomic mass is 32.1. The molecule has 0 radical (unpaired) electrons. The third-order valence-corrected chi connectivity index (χ3v) is 2.18. The Morgan fingerprint density at radius 3 is 2.71 bits per heavy atom. The molecule has 0 amide bonds. The van der Waals surface area contributed by atoms with Crippen molar-refractivity contribution in [1.82, 2.24) is 19.9 Å². The number of rotatable bonds is 2. The van der Waals surface area contributed by atoms with Crippen LogP contribution < -0.4 is 5.84 Å². The van der Waals surface area contributed by atoms with Crippen molar-refractivity contribution in [2.75, 3.05) is 5.84 Å². The van der Waals surface area contributed by atoms with Crippen molar-refractivity contribution < 1.29 is 0 Å². The second kappa shape index (κ2) is 3.59. The lowest BCUT2D eigenvalue weighted by Gasteiger charge is -1.99. The average molecular weight is 207 g/mol. The Hall–Kier alpha value is -1.69. The minimum absolute atomic E-state index is 0.425. The molecule has 5 nitrogen and oxygen atoms in total. The van der Waals surface area contributed by atoms with E-state index in [1.165, 1.54) is 4.68 Å². The Kier molecular flexibility index (Phi) is 2.28. The van der Waals surface area contributed by atoms with E-state index >= 15 is 0 Å². The lowest BCUT2D eigenvalue weighted by molar-refractivity contribution is 0.867. The standard InChI is InChI=1S/C8H9N5S/c9-13-7(11-12-8(13)14)5-6-1-3-10-4-2-6/h1-4H,5,9H2,(H,12,14). The van der Waals surface area contributed by atoms with E-state index in [0.29, 0.717) is 17.0 Å². The summed E-state index contributed by atoms with van der Waals surface area (Å²) in [5.74, 6) is 6.36. The molecule has 0 spiro atoms. The molecule has 2 rings (SSSR count). The van der Waals surface area contributed by atoms with Crippen LogP contribution in [-0.4, -0.2) is 19.9 Å². The van der Waals surface area contributed by atoms with Gasteiger partial charge in [0.25, 0.3) is 0 Å². The predicted molar refractivity (Wildman–Crippen MR) is 54.6 cm³/mol. The van der Waals surface area contributed by atoms with Gasteiger partial charge in [-0.3, -0.25) is 10.1 Å². The lowest BCUT2D eigenvalue weighted by atomic mass is 10.2. The molecule has 0 atom stereocenters. The van der Waals surface area contributed by atoms with E-state index < -0.39 is 0 Å². The van der Waals surface area contributed by atoms with E-state index in [1.807, 2.05) is 12.1 Å². The van der Waals surface area contributed by atoms with Crippen LogP contribution in [0.15, 0.2) is 24.5 Å². The minimum Gasteiger partial charge on any atom is -0.335 e. The maximum Gasteiger partial charge on any atom is 0.214 e. The average Bonchev–Trinajstić information content (AvgIpc) is 2.52. The molecule has 2 aromatic rings. The summed E-state index contributed by atoms with van der Waals surface area (Å²) < 4.78 is 1.80. The molecular formula is C8H9N5S. The molecule has 72 valence electrons. The van der Waals surface area contributed by atoms with Gasteiger partial charge < -0.3 is 5.84 Å². The Morgan fingerprint density at radius 2 is 2.14 bits per heavy atom. The number of nitrogens with zero attached hydrogens (tertiary/aromatic N) is 3. The van der Waals surface area contributed by atoms with Crippen LogP contribution in [0.3, 0.4) is 0 Å². The van der Waals surface area contributed by atoms with E-state index in [9.17, 15) is 0 Å². The first-order valence-corrected chi connectivity index (χ1v) is 4.48. The van der Waals surface area contributed by atoms with Gasteiger partial charge in [-0.25, -0.2) is 4.68 Å². The normalized spacial score (nSPS) is 10.3. The molecule has 0 fully saturated rings. The summed E-state index contributed by atoms with van der Waals surface area (Å²) in [5.41, 5.74) is 1.10. The number of H-pyrrole nitrogens is 1. The highest BCUT2D eigenvalue weighted by Crippen LogP contribution is 2.03. The summed E-state index contributed by atoms with van der Waals surface area (Å²) in [7, 11) is 0. The van der Waals surface area contributed by atoms with Crippen LogP contribution in [0.5, 0.6) is 0 Å². The summed E-state index contributed by atoms with van der Waals surface area (Å²) in [5, 5.41) is 6.64. The van der Waals surface area contributed by atoms with Crippen LogP contribution in [0.1, 0.15) is 11.4 Å². The van der Waals surface area contributed by atoms with Crippen molar-refractivity contribution in [3.63, 3.8) is 0 Å². The van der Waals surface area contributed by atoms with Crippen LogP contribution >= 0.6 is 12.2 Å².